The van der Waals surface area contributed by atoms with E-state index in [9.17, 15) is 9.59 Å². The van der Waals surface area contributed by atoms with E-state index in [0.717, 1.165) is 0 Å². The molecule has 1 aromatic heterocycles. The predicted octanol–water partition coefficient (Wildman–Crippen LogP) is 1.88. The fourth-order valence-corrected chi connectivity index (χ4v) is 1.85. The lowest BCUT2D eigenvalue weighted by Crippen LogP contribution is -2.15. The molecule has 0 aliphatic carbocycles. The second-order valence-corrected chi connectivity index (χ2v) is 3.68. The minimum atomic E-state index is -1.09. The van der Waals surface area contributed by atoms with Gasteiger partial charge in [-0.2, -0.15) is 0 Å². The van der Waals surface area contributed by atoms with Crippen LogP contribution in [0.15, 0.2) is 0 Å². The van der Waals surface area contributed by atoms with E-state index >= 15 is 0 Å². The summed E-state index contributed by atoms with van der Waals surface area (Å²) in [5, 5.41) is 9.08. The average Bonchev–Trinajstić information content (AvgIpc) is 2.15. The van der Waals surface area contributed by atoms with Crippen LogP contribution in [-0.2, 0) is 4.74 Å². The summed E-state index contributed by atoms with van der Waals surface area (Å²) in [6.45, 7) is 6.81. The van der Waals surface area contributed by atoms with Gasteiger partial charge in [0, 0.05) is 0 Å². The zero-order valence-electron chi connectivity index (χ0n) is 10.3. The molecular weight excluding hydrogens is 222 g/mol. The maximum atomic E-state index is 11.7. The van der Waals surface area contributed by atoms with Gasteiger partial charge in [0.25, 0.3) is 0 Å². The Bertz CT molecular complexity index is 480. The molecule has 0 spiro atoms. The third-order valence-corrected chi connectivity index (χ3v) is 2.50. The number of carboxylic acid groups (broad SMARTS) is 1. The number of nitrogens with zero attached hydrogens (tertiary/aromatic N) is 1. The normalized spacial score (nSPS) is 10.1. The molecule has 1 rings (SSSR count). The van der Waals surface area contributed by atoms with Crippen molar-refractivity contribution in [3.05, 3.63) is 28.1 Å². The number of rotatable bonds is 3. The topological polar surface area (TPSA) is 76.5 Å². The fraction of sp³-hybridized carbons (Fsp3) is 0.417. The molecule has 92 valence electrons. The number of hydrogen-bond donors (Lipinski definition) is 1. The van der Waals surface area contributed by atoms with Crippen molar-refractivity contribution in [2.45, 2.75) is 27.7 Å². The number of carboxylic acids is 1. The highest BCUT2D eigenvalue weighted by Crippen LogP contribution is 2.20. The number of carbonyl (C=O) groups excluding carboxylic acids is 1. The van der Waals surface area contributed by atoms with Crippen molar-refractivity contribution in [2.75, 3.05) is 6.61 Å². The van der Waals surface area contributed by atoms with E-state index in [1.807, 2.05) is 0 Å². The van der Waals surface area contributed by atoms with Gasteiger partial charge in [-0.1, -0.05) is 0 Å². The molecule has 0 aliphatic rings. The summed E-state index contributed by atoms with van der Waals surface area (Å²) in [7, 11) is 0. The van der Waals surface area contributed by atoms with Gasteiger partial charge in [-0.3, -0.25) is 4.98 Å². The second-order valence-electron chi connectivity index (χ2n) is 3.68. The highest BCUT2D eigenvalue weighted by Gasteiger charge is 2.22. The molecule has 0 amide bonds. The van der Waals surface area contributed by atoms with Crippen molar-refractivity contribution in [2.24, 2.45) is 0 Å². The van der Waals surface area contributed by atoms with Crippen LogP contribution in [0.4, 0.5) is 0 Å². The zero-order chi connectivity index (χ0) is 13.2. The van der Waals surface area contributed by atoms with E-state index in [2.05, 4.69) is 4.98 Å². The molecule has 0 unspecified atom stereocenters. The third kappa shape index (κ3) is 2.43. The van der Waals surface area contributed by atoms with Gasteiger partial charge in [0.05, 0.1) is 29.1 Å². The Morgan fingerprint density at radius 3 is 2.18 bits per heavy atom. The van der Waals surface area contributed by atoms with Crippen molar-refractivity contribution in [3.63, 3.8) is 0 Å². The van der Waals surface area contributed by atoms with E-state index in [1.54, 1.807) is 27.7 Å². The Morgan fingerprint density at radius 1 is 1.18 bits per heavy atom. The Morgan fingerprint density at radius 2 is 1.71 bits per heavy atom. The van der Waals surface area contributed by atoms with E-state index in [1.165, 1.54) is 0 Å². The van der Waals surface area contributed by atoms with Gasteiger partial charge < -0.3 is 9.84 Å². The molecular formula is C12H15NO4. The lowest BCUT2D eigenvalue weighted by atomic mass is 10.00. The maximum absolute atomic E-state index is 11.7. The summed E-state index contributed by atoms with van der Waals surface area (Å²) in [6, 6.07) is 0. The number of aryl methyl sites for hydroxylation is 2. The third-order valence-electron chi connectivity index (χ3n) is 2.50. The first-order valence-electron chi connectivity index (χ1n) is 5.28. The van der Waals surface area contributed by atoms with Crippen molar-refractivity contribution < 1.29 is 19.4 Å². The van der Waals surface area contributed by atoms with E-state index < -0.39 is 11.9 Å². The van der Waals surface area contributed by atoms with Crippen LogP contribution in [-0.4, -0.2) is 28.6 Å². The van der Waals surface area contributed by atoms with Crippen molar-refractivity contribution in [1.29, 1.82) is 0 Å². The summed E-state index contributed by atoms with van der Waals surface area (Å²) in [4.78, 5) is 26.9. The van der Waals surface area contributed by atoms with E-state index in [0.29, 0.717) is 17.0 Å². The number of hydrogen-bond acceptors (Lipinski definition) is 4. The molecule has 0 fully saturated rings. The van der Waals surface area contributed by atoms with Crippen molar-refractivity contribution in [1.82, 2.24) is 4.98 Å². The van der Waals surface area contributed by atoms with Crippen LogP contribution in [0.5, 0.6) is 0 Å². The summed E-state index contributed by atoms with van der Waals surface area (Å²) in [5.41, 5.74) is 1.61. The second kappa shape index (κ2) is 4.95. The lowest BCUT2D eigenvalue weighted by Gasteiger charge is -2.12. The van der Waals surface area contributed by atoms with E-state index in [4.69, 9.17) is 9.84 Å². The van der Waals surface area contributed by atoms with Gasteiger partial charge in [0.1, 0.15) is 0 Å². The summed E-state index contributed by atoms with van der Waals surface area (Å²) in [6.07, 6.45) is 0. The summed E-state index contributed by atoms with van der Waals surface area (Å²) >= 11 is 0. The monoisotopic (exact) mass is 237 g/mol. The van der Waals surface area contributed by atoms with Crippen LogP contribution in [0.3, 0.4) is 0 Å². The van der Waals surface area contributed by atoms with Gasteiger partial charge in [-0.15, -0.1) is 0 Å². The Labute approximate surface area is 99.4 Å². The van der Waals surface area contributed by atoms with Crippen LogP contribution in [0.25, 0.3) is 0 Å². The number of carbonyl (C=O) groups is 2. The number of pyridine rings is 1. The van der Waals surface area contributed by atoms with Crippen molar-refractivity contribution in [3.8, 4) is 0 Å². The Hall–Kier alpha value is -1.91. The molecule has 1 N–H and O–H groups in total. The predicted molar refractivity (Wildman–Crippen MR) is 61.4 cm³/mol. The first-order chi connectivity index (χ1) is 7.90. The minimum absolute atomic E-state index is 0.0682. The summed E-state index contributed by atoms with van der Waals surface area (Å²) in [5.74, 6) is -1.62. The smallest absolute Gasteiger partial charge is 0.340 e. The van der Waals surface area contributed by atoms with E-state index in [-0.39, 0.29) is 17.7 Å². The molecule has 0 saturated heterocycles. The molecule has 1 aromatic rings. The molecule has 5 heteroatoms. The Kier molecular flexibility index (Phi) is 3.83. The standard InChI is InChI=1S/C12H15NO4/c1-5-17-12(16)10-6(2)9(11(14)15)7(3)13-8(10)4/h5H2,1-4H3,(H,14,15). The molecule has 0 radical (unpaired) electrons. The Balaban J connectivity index is 3.46. The highest BCUT2D eigenvalue weighted by atomic mass is 16.5. The molecule has 0 saturated carbocycles. The number of esters is 1. The van der Waals surface area contributed by atoms with Crippen LogP contribution < -0.4 is 0 Å². The minimum Gasteiger partial charge on any atom is -0.478 e. The zero-order valence-corrected chi connectivity index (χ0v) is 10.3. The molecule has 0 aliphatic heterocycles. The largest absolute Gasteiger partial charge is 0.478 e. The highest BCUT2D eigenvalue weighted by molar-refractivity contribution is 5.98. The number of aromatic nitrogens is 1. The molecule has 0 atom stereocenters. The molecule has 1 heterocycles. The quantitative estimate of drug-likeness (QED) is 0.812. The molecule has 0 bridgehead atoms. The SMILES string of the molecule is CCOC(=O)c1c(C)nc(C)c(C(=O)O)c1C. The first kappa shape index (κ1) is 13.2. The van der Waals surface area contributed by atoms with Crippen LogP contribution in [0.2, 0.25) is 0 Å². The van der Waals surface area contributed by atoms with Crippen LogP contribution in [0.1, 0.15) is 44.6 Å². The molecule has 17 heavy (non-hydrogen) atoms. The fourth-order valence-electron chi connectivity index (χ4n) is 1.85. The van der Waals surface area contributed by atoms with Crippen molar-refractivity contribution >= 4 is 11.9 Å². The average molecular weight is 237 g/mol. The summed E-state index contributed by atoms with van der Waals surface area (Å²) < 4.78 is 4.89. The molecule has 5 nitrogen and oxygen atoms in total. The number of aromatic carboxylic acids is 1. The van der Waals surface area contributed by atoms with Crippen LogP contribution in [0, 0.1) is 20.8 Å². The van der Waals surface area contributed by atoms with Gasteiger partial charge in [-0.05, 0) is 33.3 Å². The number of ether oxygens (including phenoxy) is 1. The maximum Gasteiger partial charge on any atom is 0.340 e. The molecule has 0 aromatic carbocycles. The lowest BCUT2D eigenvalue weighted by molar-refractivity contribution is 0.0524. The first-order valence-corrected chi connectivity index (χ1v) is 5.28. The van der Waals surface area contributed by atoms with Gasteiger partial charge in [0.15, 0.2) is 0 Å². The van der Waals surface area contributed by atoms with Crippen LogP contribution >= 0.6 is 0 Å². The van der Waals surface area contributed by atoms with Gasteiger partial charge >= 0.3 is 11.9 Å². The van der Waals surface area contributed by atoms with Gasteiger partial charge in [-0.25, -0.2) is 9.59 Å². The van der Waals surface area contributed by atoms with Gasteiger partial charge in [0.2, 0.25) is 0 Å².